The van der Waals surface area contributed by atoms with Gasteiger partial charge in [0.1, 0.15) is 0 Å². The third kappa shape index (κ3) is 4.11. The predicted octanol–water partition coefficient (Wildman–Crippen LogP) is 1.81. The van der Waals surface area contributed by atoms with E-state index in [0.29, 0.717) is 12.5 Å². The number of ether oxygens (including phenoxy) is 1. The van der Waals surface area contributed by atoms with E-state index >= 15 is 0 Å². The lowest BCUT2D eigenvalue weighted by atomic mass is 9.91. The zero-order chi connectivity index (χ0) is 13.1. The lowest BCUT2D eigenvalue weighted by molar-refractivity contribution is -0.141. The number of piperidine rings is 1. The van der Waals surface area contributed by atoms with Crippen LogP contribution in [-0.4, -0.2) is 42.6 Å². The molecule has 0 aromatic rings. The Balaban J connectivity index is 0.00000289. The number of halogens is 1. The highest BCUT2D eigenvalue weighted by molar-refractivity contribution is 5.86. The maximum Gasteiger partial charge on any atom is 0.242 e. The molecule has 2 N–H and O–H groups in total. The van der Waals surface area contributed by atoms with Gasteiger partial charge in [-0.3, -0.25) is 4.79 Å². The van der Waals surface area contributed by atoms with Crippen LogP contribution >= 0.6 is 12.4 Å². The Morgan fingerprint density at radius 3 is 2.67 bits per heavy atom. The summed E-state index contributed by atoms with van der Waals surface area (Å²) in [4.78, 5) is 14.2. The molecule has 18 heavy (non-hydrogen) atoms. The molecule has 0 spiro atoms. The molecule has 5 heteroatoms. The molecular weight excluding hydrogens is 252 g/mol. The van der Waals surface area contributed by atoms with Crippen LogP contribution in [0.4, 0.5) is 0 Å². The van der Waals surface area contributed by atoms with E-state index in [-0.39, 0.29) is 24.4 Å². The number of hydrogen-bond donors (Lipinski definition) is 1. The van der Waals surface area contributed by atoms with Crippen molar-refractivity contribution in [2.75, 3.05) is 20.2 Å². The third-order valence-electron chi connectivity index (χ3n) is 3.74. The normalized spacial score (nSPS) is 27.3. The van der Waals surface area contributed by atoms with Gasteiger partial charge in [-0.1, -0.05) is 20.3 Å². The monoisotopic (exact) mass is 278 g/mol. The molecule has 0 aromatic heterocycles. The zero-order valence-corrected chi connectivity index (χ0v) is 12.8. The maximum atomic E-state index is 12.3. The summed E-state index contributed by atoms with van der Waals surface area (Å²) in [6.45, 7) is 7.53. The molecule has 0 saturated carbocycles. The van der Waals surface area contributed by atoms with E-state index in [4.69, 9.17) is 10.5 Å². The summed E-state index contributed by atoms with van der Waals surface area (Å²) in [5, 5.41) is 0. The van der Waals surface area contributed by atoms with Crippen molar-refractivity contribution < 1.29 is 9.53 Å². The molecule has 0 radical (unpaired) electrons. The second-order valence-corrected chi connectivity index (χ2v) is 5.46. The van der Waals surface area contributed by atoms with Gasteiger partial charge in [0.15, 0.2) is 0 Å². The van der Waals surface area contributed by atoms with Gasteiger partial charge in [0.25, 0.3) is 0 Å². The van der Waals surface area contributed by atoms with Crippen LogP contribution in [0.25, 0.3) is 0 Å². The van der Waals surface area contributed by atoms with Crippen LogP contribution in [0.2, 0.25) is 0 Å². The van der Waals surface area contributed by atoms with E-state index in [0.717, 1.165) is 25.8 Å². The van der Waals surface area contributed by atoms with Gasteiger partial charge in [-0.05, 0) is 25.7 Å². The second kappa shape index (κ2) is 7.31. The van der Waals surface area contributed by atoms with Gasteiger partial charge in [0.2, 0.25) is 5.91 Å². The van der Waals surface area contributed by atoms with Crippen molar-refractivity contribution >= 4 is 18.3 Å². The Labute approximate surface area is 117 Å². The van der Waals surface area contributed by atoms with E-state index in [2.05, 4.69) is 13.8 Å². The van der Waals surface area contributed by atoms with Crippen LogP contribution in [0.3, 0.4) is 0 Å². The fourth-order valence-corrected chi connectivity index (χ4v) is 2.51. The molecule has 3 unspecified atom stereocenters. The molecule has 1 rings (SSSR count). The Hall–Kier alpha value is -0.320. The predicted molar refractivity (Wildman–Crippen MR) is 75.9 cm³/mol. The van der Waals surface area contributed by atoms with Crippen LogP contribution in [-0.2, 0) is 9.53 Å². The zero-order valence-electron chi connectivity index (χ0n) is 11.9. The molecule has 108 valence electrons. The number of carbonyl (C=O) groups is 1. The molecule has 1 aliphatic rings. The Kier molecular flexibility index (Phi) is 7.18. The molecule has 3 atom stereocenters. The van der Waals surface area contributed by atoms with Crippen molar-refractivity contribution in [3.05, 3.63) is 0 Å². The van der Waals surface area contributed by atoms with Crippen LogP contribution in [0.15, 0.2) is 0 Å². The minimum Gasteiger partial charge on any atom is -0.379 e. The van der Waals surface area contributed by atoms with Crippen molar-refractivity contribution in [2.24, 2.45) is 11.7 Å². The van der Waals surface area contributed by atoms with Gasteiger partial charge in [0, 0.05) is 20.2 Å². The summed E-state index contributed by atoms with van der Waals surface area (Å²) in [5.74, 6) is 0.576. The van der Waals surface area contributed by atoms with Crippen LogP contribution in [0.1, 0.15) is 40.0 Å². The maximum absolute atomic E-state index is 12.3. The molecule has 1 fully saturated rings. The Bertz CT molecular complexity index is 272. The van der Waals surface area contributed by atoms with E-state index in [1.54, 1.807) is 7.11 Å². The number of nitrogens with two attached hydrogens (primary N) is 1. The second-order valence-electron chi connectivity index (χ2n) is 5.46. The first-order valence-electron chi connectivity index (χ1n) is 6.53. The van der Waals surface area contributed by atoms with Gasteiger partial charge in [0.05, 0.1) is 11.6 Å². The molecule has 1 saturated heterocycles. The van der Waals surface area contributed by atoms with E-state index in [1.807, 2.05) is 11.8 Å². The summed E-state index contributed by atoms with van der Waals surface area (Å²) >= 11 is 0. The number of hydrogen-bond acceptors (Lipinski definition) is 3. The topological polar surface area (TPSA) is 55.6 Å². The van der Waals surface area contributed by atoms with Crippen molar-refractivity contribution in [1.29, 1.82) is 0 Å². The summed E-state index contributed by atoms with van der Waals surface area (Å²) in [7, 11) is 1.71. The van der Waals surface area contributed by atoms with Crippen molar-refractivity contribution in [2.45, 2.75) is 51.7 Å². The van der Waals surface area contributed by atoms with E-state index in [9.17, 15) is 4.79 Å². The quantitative estimate of drug-likeness (QED) is 0.853. The standard InChI is InChI=1S/C13H26N2O2.ClH/c1-5-7-13(3,14)12(16)15-8-6-10(2)11(9-15)17-4;/h10-11H,5-9,14H2,1-4H3;1H. The molecule has 0 aromatic carbocycles. The SMILES string of the molecule is CCCC(C)(N)C(=O)N1CCC(C)C(OC)C1.Cl. The number of rotatable bonds is 4. The molecule has 0 aliphatic carbocycles. The lowest BCUT2D eigenvalue weighted by Gasteiger charge is -2.39. The Morgan fingerprint density at radius 2 is 2.17 bits per heavy atom. The summed E-state index contributed by atoms with van der Waals surface area (Å²) in [5.41, 5.74) is 5.36. The first kappa shape index (κ1) is 17.7. The highest BCUT2D eigenvalue weighted by Crippen LogP contribution is 2.22. The Morgan fingerprint density at radius 1 is 1.56 bits per heavy atom. The molecule has 1 heterocycles. The van der Waals surface area contributed by atoms with Crippen molar-refractivity contribution in [3.8, 4) is 0 Å². The number of methoxy groups -OCH3 is 1. The van der Waals surface area contributed by atoms with E-state index in [1.165, 1.54) is 0 Å². The third-order valence-corrected chi connectivity index (χ3v) is 3.74. The number of amides is 1. The molecule has 1 aliphatic heterocycles. The molecule has 1 amide bonds. The number of nitrogens with zero attached hydrogens (tertiary/aromatic N) is 1. The first-order chi connectivity index (χ1) is 7.92. The first-order valence-corrected chi connectivity index (χ1v) is 6.53. The highest BCUT2D eigenvalue weighted by atomic mass is 35.5. The minimum atomic E-state index is -0.729. The lowest BCUT2D eigenvalue weighted by Crippen LogP contribution is -2.57. The minimum absolute atomic E-state index is 0. The number of carbonyl (C=O) groups excluding carboxylic acids is 1. The van der Waals surface area contributed by atoms with Crippen LogP contribution in [0.5, 0.6) is 0 Å². The van der Waals surface area contributed by atoms with Gasteiger partial charge < -0.3 is 15.4 Å². The van der Waals surface area contributed by atoms with Gasteiger partial charge >= 0.3 is 0 Å². The van der Waals surface area contributed by atoms with Gasteiger partial charge in [-0.15, -0.1) is 12.4 Å². The smallest absolute Gasteiger partial charge is 0.242 e. The van der Waals surface area contributed by atoms with Crippen LogP contribution in [0, 0.1) is 5.92 Å². The summed E-state index contributed by atoms with van der Waals surface area (Å²) in [6.07, 6.45) is 2.80. The molecule has 4 nitrogen and oxygen atoms in total. The summed E-state index contributed by atoms with van der Waals surface area (Å²) in [6, 6.07) is 0. The van der Waals surface area contributed by atoms with Crippen molar-refractivity contribution in [3.63, 3.8) is 0 Å². The fourth-order valence-electron chi connectivity index (χ4n) is 2.51. The highest BCUT2D eigenvalue weighted by Gasteiger charge is 2.36. The summed E-state index contributed by atoms with van der Waals surface area (Å²) < 4.78 is 5.42. The van der Waals surface area contributed by atoms with Gasteiger partial charge in [-0.25, -0.2) is 0 Å². The van der Waals surface area contributed by atoms with Gasteiger partial charge in [-0.2, -0.15) is 0 Å². The average Bonchev–Trinajstić information content (AvgIpc) is 2.28. The van der Waals surface area contributed by atoms with E-state index < -0.39 is 5.54 Å². The average molecular weight is 279 g/mol. The van der Waals surface area contributed by atoms with Crippen molar-refractivity contribution in [1.82, 2.24) is 4.90 Å². The molecule has 0 bridgehead atoms. The molecular formula is C13H27ClN2O2. The fraction of sp³-hybridized carbons (Fsp3) is 0.923. The van der Waals surface area contributed by atoms with Crippen LogP contribution < -0.4 is 5.73 Å². The number of likely N-dealkylation sites (tertiary alicyclic amines) is 1. The largest absolute Gasteiger partial charge is 0.379 e.